The fourth-order valence-corrected chi connectivity index (χ4v) is 2.47. The zero-order chi connectivity index (χ0) is 17.5. The number of rotatable bonds is 7. The summed E-state index contributed by atoms with van der Waals surface area (Å²) in [6, 6.07) is 11.7. The van der Waals surface area contributed by atoms with Crippen molar-refractivity contribution in [2.24, 2.45) is 0 Å². The Morgan fingerprint density at radius 2 is 1.92 bits per heavy atom. The fourth-order valence-electron chi connectivity index (χ4n) is 2.47. The maximum absolute atomic E-state index is 13.1. The highest BCUT2D eigenvalue weighted by Gasteiger charge is 2.09. The van der Waals surface area contributed by atoms with Crippen LogP contribution in [0, 0.1) is 12.7 Å². The molecule has 1 N–H and O–H groups in total. The Labute approximate surface area is 142 Å². The molecular weight excluding hydrogens is 307 g/mol. The minimum atomic E-state index is -0.393. The molecule has 0 aliphatic rings. The summed E-state index contributed by atoms with van der Waals surface area (Å²) in [6.45, 7) is 7.87. The van der Waals surface area contributed by atoms with E-state index in [4.69, 9.17) is 4.74 Å². The van der Waals surface area contributed by atoms with E-state index in [1.54, 1.807) is 12.1 Å². The van der Waals surface area contributed by atoms with Crippen LogP contribution >= 0.6 is 0 Å². The molecule has 0 atom stereocenters. The van der Waals surface area contributed by atoms with E-state index < -0.39 is 5.82 Å². The lowest BCUT2D eigenvalue weighted by molar-refractivity contribution is -0.118. The smallest absolute Gasteiger partial charge is 0.262 e. The summed E-state index contributed by atoms with van der Waals surface area (Å²) in [5.74, 6) is -0.340. The predicted octanol–water partition coefficient (Wildman–Crippen LogP) is 4.00. The van der Waals surface area contributed by atoms with E-state index in [0.717, 1.165) is 30.0 Å². The lowest BCUT2D eigenvalue weighted by Crippen LogP contribution is -2.23. The maximum atomic E-state index is 13.1. The predicted molar refractivity (Wildman–Crippen MR) is 95.3 cm³/mol. The van der Waals surface area contributed by atoms with Gasteiger partial charge in [-0.3, -0.25) is 4.79 Å². The number of halogens is 1. The van der Waals surface area contributed by atoms with Gasteiger partial charge in [0.15, 0.2) is 6.61 Å². The number of hydrogen-bond donors (Lipinski definition) is 1. The number of carbonyl (C=O) groups is 1. The van der Waals surface area contributed by atoms with Gasteiger partial charge in [-0.25, -0.2) is 4.39 Å². The zero-order valence-electron chi connectivity index (χ0n) is 14.3. The lowest BCUT2D eigenvalue weighted by Gasteiger charge is -2.22. The maximum Gasteiger partial charge on any atom is 0.262 e. The molecule has 0 fully saturated rings. The van der Waals surface area contributed by atoms with Crippen LogP contribution in [0.3, 0.4) is 0 Å². The Morgan fingerprint density at radius 3 is 2.54 bits per heavy atom. The van der Waals surface area contributed by atoms with Crippen LogP contribution in [0.4, 0.5) is 15.8 Å². The van der Waals surface area contributed by atoms with E-state index in [9.17, 15) is 9.18 Å². The fraction of sp³-hybridized carbons (Fsp3) is 0.316. The quantitative estimate of drug-likeness (QED) is 0.834. The van der Waals surface area contributed by atoms with Crippen molar-refractivity contribution >= 4 is 17.3 Å². The molecule has 0 aliphatic carbocycles. The van der Waals surface area contributed by atoms with Gasteiger partial charge >= 0.3 is 0 Å². The first kappa shape index (κ1) is 17.8. The molecule has 2 rings (SSSR count). The molecule has 2 aromatic rings. The summed E-state index contributed by atoms with van der Waals surface area (Å²) in [7, 11) is 0. The van der Waals surface area contributed by atoms with Crippen LogP contribution in [0.25, 0.3) is 0 Å². The molecule has 0 spiro atoms. The van der Waals surface area contributed by atoms with E-state index in [-0.39, 0.29) is 12.5 Å². The molecule has 0 unspecified atom stereocenters. The van der Waals surface area contributed by atoms with Crippen molar-refractivity contribution in [3.8, 4) is 5.75 Å². The number of amides is 1. The van der Waals surface area contributed by atoms with Crippen molar-refractivity contribution in [3.63, 3.8) is 0 Å². The Kier molecular flexibility index (Phi) is 6.18. The van der Waals surface area contributed by atoms with Crippen molar-refractivity contribution < 1.29 is 13.9 Å². The summed E-state index contributed by atoms with van der Waals surface area (Å²) in [5.41, 5.74) is 2.86. The van der Waals surface area contributed by atoms with Gasteiger partial charge < -0.3 is 15.0 Å². The van der Waals surface area contributed by atoms with Gasteiger partial charge in [-0.2, -0.15) is 0 Å². The van der Waals surface area contributed by atoms with Gasteiger partial charge in [0.05, 0.1) is 0 Å². The summed E-state index contributed by atoms with van der Waals surface area (Å²) in [5, 5.41) is 2.82. The zero-order valence-corrected chi connectivity index (χ0v) is 14.3. The first-order valence-corrected chi connectivity index (χ1v) is 8.07. The molecule has 0 bridgehead atoms. The summed E-state index contributed by atoms with van der Waals surface area (Å²) in [4.78, 5) is 14.3. The van der Waals surface area contributed by atoms with E-state index in [1.807, 2.05) is 19.1 Å². The monoisotopic (exact) mass is 330 g/mol. The molecule has 128 valence electrons. The molecular formula is C19H23FN2O2. The first-order chi connectivity index (χ1) is 11.5. The molecule has 24 heavy (non-hydrogen) atoms. The van der Waals surface area contributed by atoms with Gasteiger partial charge in [-0.15, -0.1) is 0 Å². The summed E-state index contributed by atoms with van der Waals surface area (Å²) >= 11 is 0. The SMILES string of the molecule is CCN(CC)c1ccc(NC(=O)COc2cccc(F)c2)c(C)c1. The van der Waals surface area contributed by atoms with E-state index in [2.05, 4.69) is 30.1 Å². The number of hydrogen-bond acceptors (Lipinski definition) is 3. The minimum Gasteiger partial charge on any atom is -0.484 e. The third-order valence-corrected chi connectivity index (χ3v) is 3.78. The molecule has 0 radical (unpaired) electrons. The molecule has 4 nitrogen and oxygen atoms in total. The third kappa shape index (κ3) is 4.72. The molecule has 2 aromatic carbocycles. The Morgan fingerprint density at radius 1 is 1.17 bits per heavy atom. The Balaban J connectivity index is 1.96. The number of anilines is 2. The highest BCUT2D eigenvalue weighted by Crippen LogP contribution is 2.22. The summed E-state index contributed by atoms with van der Waals surface area (Å²) in [6.07, 6.45) is 0. The lowest BCUT2D eigenvalue weighted by atomic mass is 10.1. The van der Waals surface area contributed by atoms with E-state index >= 15 is 0 Å². The highest BCUT2D eigenvalue weighted by molar-refractivity contribution is 5.92. The summed E-state index contributed by atoms with van der Waals surface area (Å²) < 4.78 is 18.4. The van der Waals surface area contributed by atoms with Crippen LogP contribution in [0.5, 0.6) is 5.75 Å². The Bertz CT molecular complexity index is 700. The number of ether oxygens (including phenoxy) is 1. The van der Waals surface area contributed by atoms with Crippen molar-refractivity contribution in [2.75, 3.05) is 29.9 Å². The second-order valence-corrected chi connectivity index (χ2v) is 5.47. The Hall–Kier alpha value is -2.56. The second kappa shape index (κ2) is 8.34. The van der Waals surface area contributed by atoms with Gasteiger partial charge in [-0.05, 0) is 56.7 Å². The van der Waals surface area contributed by atoms with Crippen molar-refractivity contribution in [2.45, 2.75) is 20.8 Å². The van der Waals surface area contributed by atoms with Crippen LogP contribution in [-0.2, 0) is 4.79 Å². The molecule has 0 heterocycles. The molecule has 0 saturated carbocycles. The molecule has 0 aromatic heterocycles. The molecule has 0 aliphatic heterocycles. The van der Waals surface area contributed by atoms with Crippen molar-refractivity contribution in [3.05, 3.63) is 53.8 Å². The minimum absolute atomic E-state index is 0.166. The standard InChI is InChI=1S/C19H23FN2O2/c1-4-22(5-2)16-9-10-18(14(3)11-16)21-19(23)13-24-17-8-6-7-15(20)12-17/h6-12H,4-5,13H2,1-3H3,(H,21,23). The second-order valence-electron chi connectivity index (χ2n) is 5.47. The molecule has 0 saturated heterocycles. The van der Waals surface area contributed by atoms with Crippen LogP contribution in [0.2, 0.25) is 0 Å². The number of carbonyl (C=O) groups excluding carboxylic acids is 1. The van der Waals surface area contributed by atoms with E-state index in [1.165, 1.54) is 12.1 Å². The van der Waals surface area contributed by atoms with Gasteiger partial charge in [0, 0.05) is 30.5 Å². The number of nitrogens with one attached hydrogen (secondary N) is 1. The molecule has 5 heteroatoms. The first-order valence-electron chi connectivity index (χ1n) is 8.07. The average molecular weight is 330 g/mol. The van der Waals surface area contributed by atoms with Crippen molar-refractivity contribution in [1.82, 2.24) is 0 Å². The molecule has 1 amide bonds. The van der Waals surface area contributed by atoms with Gasteiger partial charge in [0.25, 0.3) is 5.91 Å². The topological polar surface area (TPSA) is 41.6 Å². The number of aryl methyl sites for hydroxylation is 1. The normalized spacial score (nSPS) is 10.3. The van der Waals surface area contributed by atoms with Crippen LogP contribution in [0.15, 0.2) is 42.5 Å². The van der Waals surface area contributed by atoms with Gasteiger partial charge in [0.1, 0.15) is 11.6 Å². The van der Waals surface area contributed by atoms with Gasteiger partial charge in [-0.1, -0.05) is 6.07 Å². The van der Waals surface area contributed by atoms with Crippen LogP contribution < -0.4 is 15.0 Å². The van der Waals surface area contributed by atoms with Gasteiger partial charge in [0.2, 0.25) is 0 Å². The van der Waals surface area contributed by atoms with Crippen molar-refractivity contribution in [1.29, 1.82) is 0 Å². The van der Waals surface area contributed by atoms with Crippen LogP contribution in [-0.4, -0.2) is 25.6 Å². The highest BCUT2D eigenvalue weighted by atomic mass is 19.1. The average Bonchev–Trinajstić information content (AvgIpc) is 2.56. The van der Waals surface area contributed by atoms with E-state index in [0.29, 0.717) is 5.75 Å². The third-order valence-electron chi connectivity index (χ3n) is 3.78. The number of nitrogens with zero attached hydrogens (tertiary/aromatic N) is 1. The largest absolute Gasteiger partial charge is 0.484 e. The van der Waals surface area contributed by atoms with Crippen LogP contribution in [0.1, 0.15) is 19.4 Å². The number of benzene rings is 2.